The van der Waals surface area contributed by atoms with Crippen molar-refractivity contribution in [3.8, 4) is 6.07 Å². The third kappa shape index (κ3) is 2.05. The molecule has 1 aliphatic carbocycles. The molecular weight excluding hydrogens is 228 g/mol. The summed E-state index contributed by atoms with van der Waals surface area (Å²) in [4.78, 5) is 0.547. The SMILES string of the molecule is N#CC1(c2ccc(SC(F)F)cc2)CCC1. The van der Waals surface area contributed by atoms with E-state index in [0.717, 1.165) is 24.8 Å². The number of nitriles is 1. The van der Waals surface area contributed by atoms with E-state index in [1.807, 2.05) is 0 Å². The Balaban J connectivity index is 2.16. The summed E-state index contributed by atoms with van der Waals surface area (Å²) in [6.07, 6.45) is 2.83. The fraction of sp³-hybridized carbons (Fsp3) is 0.417. The molecule has 0 heterocycles. The molecule has 1 nitrogen and oxygen atoms in total. The number of thioether (sulfide) groups is 1. The van der Waals surface area contributed by atoms with Gasteiger partial charge in [0.05, 0.1) is 11.5 Å². The predicted molar refractivity (Wildman–Crippen MR) is 59.4 cm³/mol. The monoisotopic (exact) mass is 239 g/mol. The normalized spacial score (nSPS) is 17.9. The molecule has 0 atom stereocenters. The van der Waals surface area contributed by atoms with E-state index in [9.17, 15) is 8.78 Å². The largest absolute Gasteiger partial charge is 0.288 e. The fourth-order valence-electron chi connectivity index (χ4n) is 1.95. The van der Waals surface area contributed by atoms with Crippen molar-refractivity contribution in [1.82, 2.24) is 0 Å². The average Bonchev–Trinajstić information content (AvgIpc) is 2.19. The van der Waals surface area contributed by atoms with Crippen LogP contribution in [0.15, 0.2) is 29.2 Å². The Labute approximate surface area is 97.5 Å². The zero-order valence-corrected chi connectivity index (χ0v) is 9.44. The first kappa shape index (κ1) is 11.4. The molecule has 0 spiro atoms. The lowest BCUT2D eigenvalue weighted by atomic mass is 9.66. The van der Waals surface area contributed by atoms with Crippen LogP contribution in [-0.4, -0.2) is 5.76 Å². The van der Waals surface area contributed by atoms with Crippen LogP contribution in [0.3, 0.4) is 0 Å². The lowest BCUT2D eigenvalue weighted by molar-refractivity contribution is 0.252. The molecule has 0 N–H and O–H groups in total. The van der Waals surface area contributed by atoms with Gasteiger partial charge in [0.15, 0.2) is 0 Å². The molecule has 0 aliphatic heterocycles. The van der Waals surface area contributed by atoms with Crippen LogP contribution < -0.4 is 0 Å². The maximum atomic E-state index is 12.1. The molecule has 0 bridgehead atoms. The molecule has 0 radical (unpaired) electrons. The number of hydrogen-bond donors (Lipinski definition) is 0. The van der Waals surface area contributed by atoms with E-state index in [1.54, 1.807) is 24.3 Å². The van der Waals surface area contributed by atoms with Crippen molar-refractivity contribution in [3.05, 3.63) is 29.8 Å². The number of nitrogens with zero attached hydrogens (tertiary/aromatic N) is 1. The van der Waals surface area contributed by atoms with Crippen molar-refractivity contribution in [1.29, 1.82) is 5.26 Å². The summed E-state index contributed by atoms with van der Waals surface area (Å²) in [6.45, 7) is 0. The van der Waals surface area contributed by atoms with Gasteiger partial charge >= 0.3 is 0 Å². The summed E-state index contributed by atoms with van der Waals surface area (Å²) in [6, 6.07) is 9.27. The second-order valence-electron chi connectivity index (χ2n) is 3.95. The topological polar surface area (TPSA) is 23.8 Å². The number of halogens is 2. The summed E-state index contributed by atoms with van der Waals surface area (Å²) in [5.41, 5.74) is 0.605. The zero-order chi connectivity index (χ0) is 11.6. The van der Waals surface area contributed by atoms with Gasteiger partial charge in [-0.05, 0) is 37.0 Å². The van der Waals surface area contributed by atoms with E-state index in [4.69, 9.17) is 5.26 Å². The van der Waals surface area contributed by atoms with Gasteiger partial charge in [-0.3, -0.25) is 0 Å². The molecule has 1 fully saturated rings. The number of rotatable bonds is 3. The molecule has 1 aromatic carbocycles. The summed E-state index contributed by atoms with van der Waals surface area (Å²) in [7, 11) is 0. The minimum Gasteiger partial charge on any atom is -0.198 e. The zero-order valence-electron chi connectivity index (χ0n) is 8.62. The van der Waals surface area contributed by atoms with Crippen LogP contribution in [0, 0.1) is 11.3 Å². The van der Waals surface area contributed by atoms with Crippen molar-refractivity contribution in [2.75, 3.05) is 0 Å². The minimum absolute atomic E-state index is 0.353. The highest BCUT2D eigenvalue weighted by Crippen LogP contribution is 2.43. The van der Waals surface area contributed by atoms with E-state index in [-0.39, 0.29) is 5.41 Å². The first-order valence-electron chi connectivity index (χ1n) is 5.13. The van der Waals surface area contributed by atoms with Crippen molar-refractivity contribution in [3.63, 3.8) is 0 Å². The van der Waals surface area contributed by atoms with Crippen LogP contribution in [0.4, 0.5) is 8.78 Å². The van der Waals surface area contributed by atoms with Gasteiger partial charge in [-0.15, -0.1) is 0 Å². The maximum absolute atomic E-state index is 12.1. The van der Waals surface area contributed by atoms with Crippen molar-refractivity contribution >= 4 is 11.8 Å². The lowest BCUT2D eigenvalue weighted by Gasteiger charge is -2.35. The van der Waals surface area contributed by atoms with Gasteiger partial charge < -0.3 is 0 Å². The van der Waals surface area contributed by atoms with Crippen LogP contribution in [0.25, 0.3) is 0 Å². The van der Waals surface area contributed by atoms with Gasteiger partial charge in [0.2, 0.25) is 0 Å². The van der Waals surface area contributed by atoms with Crippen molar-refractivity contribution < 1.29 is 8.78 Å². The highest BCUT2D eigenvalue weighted by atomic mass is 32.2. The molecule has 0 unspecified atom stereocenters. The lowest BCUT2D eigenvalue weighted by Crippen LogP contribution is -2.32. The Morgan fingerprint density at radius 3 is 2.25 bits per heavy atom. The summed E-state index contributed by atoms with van der Waals surface area (Å²) in [5, 5.41) is 9.13. The minimum atomic E-state index is -2.39. The second kappa shape index (κ2) is 4.42. The van der Waals surface area contributed by atoms with Crippen LogP contribution >= 0.6 is 11.8 Å². The Kier molecular flexibility index (Phi) is 3.15. The van der Waals surface area contributed by atoms with Crippen LogP contribution in [-0.2, 0) is 5.41 Å². The van der Waals surface area contributed by atoms with Gasteiger partial charge in [0.25, 0.3) is 5.76 Å². The molecule has 1 aromatic rings. The molecule has 1 saturated carbocycles. The Morgan fingerprint density at radius 2 is 1.88 bits per heavy atom. The van der Waals surface area contributed by atoms with Gasteiger partial charge in [-0.1, -0.05) is 23.9 Å². The Morgan fingerprint density at radius 1 is 1.25 bits per heavy atom. The van der Waals surface area contributed by atoms with Crippen molar-refractivity contribution in [2.45, 2.75) is 35.3 Å². The highest BCUT2D eigenvalue weighted by Gasteiger charge is 2.38. The molecule has 0 saturated heterocycles. The van der Waals surface area contributed by atoms with Gasteiger partial charge in [-0.25, -0.2) is 0 Å². The number of alkyl halides is 2. The molecule has 1 aliphatic rings. The predicted octanol–water partition coefficient (Wildman–Crippen LogP) is 3.95. The van der Waals surface area contributed by atoms with Gasteiger partial charge in [0, 0.05) is 4.90 Å². The molecular formula is C12H11F2NS. The molecule has 2 rings (SSSR count). The summed E-state index contributed by atoms with van der Waals surface area (Å²) >= 11 is 0.535. The number of hydrogen-bond acceptors (Lipinski definition) is 2. The Hall–Kier alpha value is -1.08. The van der Waals surface area contributed by atoms with Crippen molar-refractivity contribution in [2.24, 2.45) is 0 Å². The van der Waals surface area contributed by atoms with Crippen LogP contribution in [0.1, 0.15) is 24.8 Å². The average molecular weight is 239 g/mol. The standard InChI is InChI=1S/C12H11F2NS/c13-11(14)16-10-4-2-9(3-5-10)12(8-15)6-1-7-12/h2-5,11H,1,6-7H2. The quantitative estimate of drug-likeness (QED) is 0.746. The maximum Gasteiger partial charge on any atom is 0.288 e. The second-order valence-corrected chi connectivity index (χ2v) is 5.01. The van der Waals surface area contributed by atoms with Gasteiger partial charge in [-0.2, -0.15) is 14.0 Å². The van der Waals surface area contributed by atoms with Crippen LogP contribution in [0.5, 0.6) is 0 Å². The number of benzene rings is 1. The third-order valence-electron chi connectivity index (χ3n) is 3.05. The molecule has 84 valence electrons. The van der Waals surface area contributed by atoms with E-state index >= 15 is 0 Å². The summed E-state index contributed by atoms with van der Waals surface area (Å²) < 4.78 is 24.2. The van der Waals surface area contributed by atoms with E-state index in [1.165, 1.54) is 0 Å². The molecule has 0 aromatic heterocycles. The fourth-order valence-corrected chi connectivity index (χ4v) is 2.45. The Bertz CT molecular complexity index is 404. The first-order chi connectivity index (χ1) is 7.66. The third-order valence-corrected chi connectivity index (χ3v) is 3.78. The van der Waals surface area contributed by atoms with E-state index in [0.29, 0.717) is 16.7 Å². The molecule has 4 heteroatoms. The molecule has 16 heavy (non-hydrogen) atoms. The van der Waals surface area contributed by atoms with Gasteiger partial charge in [0.1, 0.15) is 0 Å². The van der Waals surface area contributed by atoms with Crippen LogP contribution in [0.2, 0.25) is 0 Å². The van der Waals surface area contributed by atoms with E-state index < -0.39 is 5.76 Å². The summed E-state index contributed by atoms with van der Waals surface area (Å²) in [5.74, 6) is -2.39. The first-order valence-corrected chi connectivity index (χ1v) is 6.01. The smallest absolute Gasteiger partial charge is 0.198 e. The highest BCUT2D eigenvalue weighted by molar-refractivity contribution is 7.99. The molecule has 0 amide bonds. The van der Waals surface area contributed by atoms with E-state index in [2.05, 4.69) is 6.07 Å².